The largest absolute Gasteiger partial charge is 0.391 e. The normalized spacial score (nSPS) is 19.0. The summed E-state index contributed by atoms with van der Waals surface area (Å²) in [4.78, 5) is 0. The van der Waals surface area contributed by atoms with E-state index in [1.165, 1.54) is 0 Å². The molecule has 1 aliphatic rings. The van der Waals surface area contributed by atoms with Crippen LogP contribution in [0.15, 0.2) is 12.1 Å². The monoisotopic (exact) mass is 295 g/mol. The maximum Gasteiger partial charge on any atom is 0.163 e. The van der Waals surface area contributed by atoms with Gasteiger partial charge >= 0.3 is 0 Å². The fraction of sp³-hybridized carbons (Fsp3) is 0.538. The second-order valence-electron chi connectivity index (χ2n) is 4.85. The van der Waals surface area contributed by atoms with Gasteiger partial charge in [0.25, 0.3) is 0 Å². The third-order valence-electron chi connectivity index (χ3n) is 3.63. The Bertz CT molecular complexity index is 438. The van der Waals surface area contributed by atoms with E-state index in [-0.39, 0.29) is 23.9 Å². The van der Waals surface area contributed by atoms with E-state index in [2.05, 4.69) is 0 Å². The molecule has 19 heavy (non-hydrogen) atoms. The Morgan fingerprint density at radius 1 is 1.16 bits per heavy atom. The molecule has 0 unspecified atom stereocenters. The van der Waals surface area contributed by atoms with Crippen LogP contribution in [-0.4, -0.2) is 11.2 Å². The summed E-state index contributed by atoms with van der Waals surface area (Å²) >= 11 is 0. The van der Waals surface area contributed by atoms with E-state index in [1.54, 1.807) is 0 Å². The SMILES string of the molecule is Cl.N[C@@H](c1cc(F)cc(F)c1F)[C@H](O)C1CCCC1. The maximum absolute atomic E-state index is 13.5. The lowest BCUT2D eigenvalue weighted by Gasteiger charge is -2.25. The van der Waals surface area contributed by atoms with Crippen molar-refractivity contribution in [3.8, 4) is 0 Å². The summed E-state index contributed by atoms with van der Waals surface area (Å²) in [5.74, 6) is -3.37. The fourth-order valence-corrected chi connectivity index (χ4v) is 2.59. The topological polar surface area (TPSA) is 46.2 Å². The molecule has 1 aromatic rings. The molecule has 3 N–H and O–H groups in total. The van der Waals surface area contributed by atoms with E-state index in [1.807, 2.05) is 0 Å². The number of benzene rings is 1. The molecule has 2 atom stereocenters. The summed E-state index contributed by atoms with van der Waals surface area (Å²) in [6.45, 7) is 0. The quantitative estimate of drug-likeness (QED) is 0.842. The number of aliphatic hydroxyl groups excluding tert-OH is 1. The standard InChI is InChI=1S/C13H16F3NO.ClH/c14-8-5-9(11(16)10(15)6-8)12(17)13(18)7-3-1-2-4-7;/h5-7,12-13,18H,1-4,17H2;1H/t12-,13+;/m0./s1. The predicted molar refractivity (Wildman–Crippen MR) is 68.5 cm³/mol. The van der Waals surface area contributed by atoms with Gasteiger partial charge in [0, 0.05) is 11.6 Å². The van der Waals surface area contributed by atoms with Crippen LogP contribution in [0.4, 0.5) is 13.2 Å². The van der Waals surface area contributed by atoms with Crippen molar-refractivity contribution >= 4 is 12.4 Å². The van der Waals surface area contributed by atoms with Crippen LogP contribution < -0.4 is 5.73 Å². The van der Waals surface area contributed by atoms with Crippen LogP contribution in [0.3, 0.4) is 0 Å². The Hall–Kier alpha value is -0.780. The highest BCUT2D eigenvalue weighted by Gasteiger charge is 2.31. The van der Waals surface area contributed by atoms with Gasteiger partial charge in [0.1, 0.15) is 5.82 Å². The van der Waals surface area contributed by atoms with E-state index in [0.29, 0.717) is 6.07 Å². The molecule has 1 aromatic carbocycles. The first-order chi connectivity index (χ1) is 8.50. The molecule has 2 nitrogen and oxygen atoms in total. The summed E-state index contributed by atoms with van der Waals surface area (Å²) in [5, 5.41) is 10.0. The van der Waals surface area contributed by atoms with Crippen LogP contribution in [0.2, 0.25) is 0 Å². The third kappa shape index (κ3) is 3.41. The lowest BCUT2D eigenvalue weighted by Crippen LogP contribution is -2.32. The average Bonchev–Trinajstić information content (AvgIpc) is 2.85. The van der Waals surface area contributed by atoms with E-state index in [9.17, 15) is 18.3 Å². The zero-order chi connectivity index (χ0) is 13.3. The van der Waals surface area contributed by atoms with Gasteiger partial charge in [0.15, 0.2) is 11.6 Å². The molecule has 0 aromatic heterocycles. The van der Waals surface area contributed by atoms with Crippen LogP contribution in [0, 0.1) is 23.4 Å². The summed E-state index contributed by atoms with van der Waals surface area (Å²) in [6.07, 6.45) is 2.65. The lowest BCUT2D eigenvalue weighted by molar-refractivity contribution is 0.0829. The molecular weight excluding hydrogens is 279 g/mol. The van der Waals surface area contributed by atoms with Crippen molar-refractivity contribution in [2.24, 2.45) is 11.7 Å². The van der Waals surface area contributed by atoms with Crippen molar-refractivity contribution in [2.45, 2.75) is 37.8 Å². The van der Waals surface area contributed by atoms with Gasteiger partial charge in [0.2, 0.25) is 0 Å². The molecule has 0 amide bonds. The third-order valence-corrected chi connectivity index (χ3v) is 3.63. The molecule has 2 rings (SSSR count). The second-order valence-corrected chi connectivity index (χ2v) is 4.85. The molecule has 1 saturated carbocycles. The minimum absolute atomic E-state index is 0. The second kappa shape index (κ2) is 6.59. The highest BCUT2D eigenvalue weighted by Crippen LogP contribution is 2.33. The lowest BCUT2D eigenvalue weighted by atomic mass is 9.90. The van der Waals surface area contributed by atoms with Gasteiger partial charge in [-0.1, -0.05) is 12.8 Å². The molecule has 1 fully saturated rings. The van der Waals surface area contributed by atoms with Crippen molar-refractivity contribution < 1.29 is 18.3 Å². The number of hydrogen-bond donors (Lipinski definition) is 2. The number of aliphatic hydroxyl groups is 1. The van der Waals surface area contributed by atoms with Gasteiger partial charge in [0.05, 0.1) is 12.1 Å². The number of hydrogen-bond acceptors (Lipinski definition) is 2. The molecular formula is C13H17ClF3NO. The van der Waals surface area contributed by atoms with Crippen molar-refractivity contribution in [3.63, 3.8) is 0 Å². The molecule has 0 radical (unpaired) electrons. The first kappa shape index (κ1) is 16.3. The van der Waals surface area contributed by atoms with Crippen LogP contribution in [-0.2, 0) is 0 Å². The molecule has 0 spiro atoms. The molecule has 6 heteroatoms. The van der Waals surface area contributed by atoms with Gasteiger partial charge < -0.3 is 10.8 Å². The zero-order valence-electron chi connectivity index (χ0n) is 10.3. The summed E-state index contributed by atoms with van der Waals surface area (Å²) < 4.78 is 39.7. The molecule has 0 bridgehead atoms. The van der Waals surface area contributed by atoms with Gasteiger partial charge in [-0.25, -0.2) is 13.2 Å². The number of rotatable bonds is 3. The van der Waals surface area contributed by atoms with Crippen molar-refractivity contribution in [1.29, 1.82) is 0 Å². The molecule has 0 aliphatic heterocycles. The Morgan fingerprint density at radius 2 is 1.74 bits per heavy atom. The minimum atomic E-state index is -1.28. The Labute approximate surface area is 116 Å². The van der Waals surface area contributed by atoms with E-state index in [4.69, 9.17) is 5.73 Å². The van der Waals surface area contributed by atoms with E-state index >= 15 is 0 Å². The van der Waals surface area contributed by atoms with Gasteiger partial charge in [-0.3, -0.25) is 0 Å². The van der Waals surface area contributed by atoms with E-state index in [0.717, 1.165) is 31.7 Å². The van der Waals surface area contributed by atoms with Crippen LogP contribution in [0.1, 0.15) is 37.3 Å². The van der Waals surface area contributed by atoms with Gasteiger partial charge in [-0.2, -0.15) is 0 Å². The van der Waals surface area contributed by atoms with Crippen molar-refractivity contribution in [1.82, 2.24) is 0 Å². The first-order valence-electron chi connectivity index (χ1n) is 6.09. The molecule has 0 heterocycles. The molecule has 0 saturated heterocycles. The minimum Gasteiger partial charge on any atom is -0.391 e. The fourth-order valence-electron chi connectivity index (χ4n) is 2.59. The highest BCUT2D eigenvalue weighted by atomic mass is 35.5. The number of nitrogens with two attached hydrogens (primary N) is 1. The molecule has 1 aliphatic carbocycles. The van der Waals surface area contributed by atoms with E-state index < -0.39 is 29.6 Å². The predicted octanol–water partition coefficient (Wildman–Crippen LogP) is 3.08. The van der Waals surface area contributed by atoms with Crippen LogP contribution in [0.25, 0.3) is 0 Å². The summed E-state index contributed by atoms with van der Waals surface area (Å²) in [7, 11) is 0. The zero-order valence-corrected chi connectivity index (χ0v) is 11.1. The van der Waals surface area contributed by atoms with Crippen molar-refractivity contribution in [3.05, 3.63) is 35.1 Å². The number of halogens is 4. The Kier molecular flexibility index (Phi) is 5.64. The highest BCUT2D eigenvalue weighted by molar-refractivity contribution is 5.85. The van der Waals surface area contributed by atoms with Gasteiger partial charge in [-0.05, 0) is 24.8 Å². The average molecular weight is 296 g/mol. The summed E-state index contributed by atoms with van der Waals surface area (Å²) in [6, 6.07) is 0.215. The molecule has 108 valence electrons. The smallest absolute Gasteiger partial charge is 0.163 e. The maximum atomic E-state index is 13.5. The van der Waals surface area contributed by atoms with Crippen LogP contribution >= 0.6 is 12.4 Å². The summed E-state index contributed by atoms with van der Waals surface area (Å²) in [5.41, 5.74) is 5.43. The van der Waals surface area contributed by atoms with Gasteiger partial charge in [-0.15, -0.1) is 12.4 Å². The Morgan fingerprint density at radius 3 is 2.32 bits per heavy atom. The van der Waals surface area contributed by atoms with Crippen molar-refractivity contribution in [2.75, 3.05) is 0 Å². The Balaban J connectivity index is 0.00000180. The van der Waals surface area contributed by atoms with Crippen LogP contribution in [0.5, 0.6) is 0 Å². The first-order valence-corrected chi connectivity index (χ1v) is 6.09.